The Morgan fingerprint density at radius 3 is 1.98 bits per heavy atom. The second-order valence-corrected chi connectivity index (χ2v) is 21.3. The number of benzene rings is 3. The molecule has 52 heavy (non-hydrogen) atoms. The van der Waals surface area contributed by atoms with Crippen molar-refractivity contribution in [3.8, 4) is 5.75 Å². The second-order valence-electron chi connectivity index (χ2n) is 15.0. The molecule has 8 atom stereocenters. The molecule has 3 aromatic rings. The van der Waals surface area contributed by atoms with Gasteiger partial charge >= 0.3 is 10.1 Å². The second kappa shape index (κ2) is 15.6. The number of carbonyl (C=O) groups is 1. The van der Waals surface area contributed by atoms with E-state index in [1.807, 2.05) is 0 Å². The van der Waals surface area contributed by atoms with Crippen molar-refractivity contribution in [3.05, 3.63) is 95.6 Å². The van der Waals surface area contributed by atoms with Gasteiger partial charge in [0, 0.05) is 5.69 Å². The minimum atomic E-state index is -4.41. The number of carbonyl (C=O) groups excluding carboxylic acids is 1. The standard InChI is InChI=1S/C37H47F2NO10SSi/c1-37(2,3)52(4,5)50-29(22-6-10-24(38)11-7-22)19-18-28-32(40(36(28)45)26-14-12-25(39)13-15-26)23-8-16-27(17-9-23)49-51(46,47)21-31-34(43)35(44)33(42)30(20-41)48-31/h6-17,28-35,41-44H,18-21H2,1-5H3/t28-,29+,30-,31+,32-,33-,34+,35+/m1/s1. The van der Waals surface area contributed by atoms with E-state index in [9.17, 15) is 42.4 Å². The number of aliphatic hydroxyl groups excluding tert-OH is 4. The molecule has 15 heteroatoms. The molecule has 284 valence electrons. The highest BCUT2D eigenvalue weighted by Gasteiger charge is 2.49. The number of hydrogen-bond donors (Lipinski definition) is 4. The third kappa shape index (κ3) is 8.74. The number of ether oxygens (including phenoxy) is 1. The van der Waals surface area contributed by atoms with Gasteiger partial charge in [-0.25, -0.2) is 8.78 Å². The molecule has 5 rings (SSSR count). The average Bonchev–Trinajstić information content (AvgIpc) is 3.08. The Morgan fingerprint density at radius 1 is 0.865 bits per heavy atom. The van der Waals surface area contributed by atoms with Gasteiger partial charge in [0.1, 0.15) is 53.7 Å². The van der Waals surface area contributed by atoms with Crippen LogP contribution in [0.2, 0.25) is 18.1 Å². The van der Waals surface area contributed by atoms with E-state index in [0.717, 1.165) is 5.56 Å². The van der Waals surface area contributed by atoms with Crippen LogP contribution in [-0.2, 0) is 24.1 Å². The zero-order valence-corrected chi connectivity index (χ0v) is 31.5. The van der Waals surface area contributed by atoms with E-state index in [2.05, 4.69) is 33.9 Å². The van der Waals surface area contributed by atoms with Crippen molar-refractivity contribution in [2.75, 3.05) is 17.3 Å². The molecule has 0 bridgehead atoms. The van der Waals surface area contributed by atoms with Gasteiger partial charge in [0.25, 0.3) is 0 Å². The maximum Gasteiger partial charge on any atom is 0.311 e. The van der Waals surface area contributed by atoms with Crippen LogP contribution < -0.4 is 9.08 Å². The minimum Gasteiger partial charge on any atom is -0.410 e. The van der Waals surface area contributed by atoms with Gasteiger partial charge in [0.2, 0.25) is 5.91 Å². The smallest absolute Gasteiger partial charge is 0.311 e. The van der Waals surface area contributed by atoms with Crippen LogP contribution in [0.25, 0.3) is 0 Å². The minimum absolute atomic E-state index is 0.0667. The zero-order chi connectivity index (χ0) is 38.2. The molecule has 1 amide bonds. The monoisotopic (exact) mass is 763 g/mol. The van der Waals surface area contributed by atoms with Crippen LogP contribution in [0.15, 0.2) is 72.8 Å². The van der Waals surface area contributed by atoms with Gasteiger partial charge < -0.3 is 38.7 Å². The summed E-state index contributed by atoms with van der Waals surface area (Å²) >= 11 is 0. The molecular formula is C37H47F2NO10SSi. The van der Waals surface area contributed by atoms with E-state index in [1.54, 1.807) is 29.2 Å². The van der Waals surface area contributed by atoms with E-state index >= 15 is 0 Å². The highest BCUT2D eigenvalue weighted by atomic mass is 32.2. The first kappa shape index (κ1) is 39.9. The van der Waals surface area contributed by atoms with E-state index < -0.39 is 85.2 Å². The zero-order valence-electron chi connectivity index (χ0n) is 29.7. The Balaban J connectivity index is 1.36. The molecule has 0 saturated carbocycles. The van der Waals surface area contributed by atoms with E-state index in [4.69, 9.17) is 13.3 Å². The fourth-order valence-corrected chi connectivity index (χ4v) is 8.82. The molecule has 2 aliphatic rings. The van der Waals surface area contributed by atoms with E-state index in [1.165, 1.54) is 48.5 Å². The largest absolute Gasteiger partial charge is 0.410 e. The molecular weight excluding hydrogens is 717 g/mol. The van der Waals surface area contributed by atoms with Crippen molar-refractivity contribution in [3.63, 3.8) is 0 Å². The Bertz CT molecular complexity index is 1790. The summed E-state index contributed by atoms with van der Waals surface area (Å²) in [5.41, 5.74) is 1.95. The number of β-lactam (4-membered cyclic amide) rings is 1. The first-order chi connectivity index (χ1) is 24.3. The maximum atomic E-state index is 13.9. The first-order valence-corrected chi connectivity index (χ1v) is 21.6. The van der Waals surface area contributed by atoms with Gasteiger partial charge in [0.15, 0.2) is 8.32 Å². The normalized spacial score (nSPS) is 26.2. The van der Waals surface area contributed by atoms with Gasteiger partial charge in [-0.2, -0.15) is 8.42 Å². The summed E-state index contributed by atoms with van der Waals surface area (Å²) in [5, 5.41) is 39.7. The molecule has 0 unspecified atom stereocenters. The van der Waals surface area contributed by atoms with Gasteiger partial charge in [-0.3, -0.25) is 4.79 Å². The summed E-state index contributed by atoms with van der Waals surface area (Å²) in [6, 6.07) is 17.3. The quantitative estimate of drug-likeness (QED) is 0.109. The van der Waals surface area contributed by atoms with Crippen molar-refractivity contribution in [1.82, 2.24) is 0 Å². The molecule has 11 nitrogen and oxygen atoms in total. The van der Waals surface area contributed by atoms with Crippen LogP contribution in [0.3, 0.4) is 0 Å². The fourth-order valence-electron chi connectivity index (χ4n) is 6.35. The summed E-state index contributed by atoms with van der Waals surface area (Å²) in [6.07, 6.45) is -7.42. The molecule has 0 aromatic heterocycles. The molecule has 3 aromatic carbocycles. The van der Waals surface area contributed by atoms with Crippen LogP contribution in [0.5, 0.6) is 5.75 Å². The lowest BCUT2D eigenvalue weighted by atomic mass is 9.78. The number of amides is 1. The van der Waals surface area contributed by atoms with E-state index in [0.29, 0.717) is 24.1 Å². The summed E-state index contributed by atoms with van der Waals surface area (Å²) in [7, 11) is -6.71. The van der Waals surface area contributed by atoms with Crippen molar-refractivity contribution in [1.29, 1.82) is 0 Å². The van der Waals surface area contributed by atoms with E-state index in [-0.39, 0.29) is 22.5 Å². The number of nitrogens with zero attached hydrogens (tertiary/aromatic N) is 1. The summed E-state index contributed by atoms with van der Waals surface area (Å²) < 4.78 is 71.0. The highest BCUT2D eigenvalue weighted by Crippen LogP contribution is 2.48. The number of halogens is 2. The predicted octanol–water partition coefficient (Wildman–Crippen LogP) is 4.76. The van der Waals surface area contributed by atoms with Gasteiger partial charge in [-0.15, -0.1) is 0 Å². The number of aliphatic hydroxyl groups is 4. The number of hydrogen-bond acceptors (Lipinski definition) is 10. The van der Waals surface area contributed by atoms with Gasteiger partial charge in [0.05, 0.1) is 24.7 Å². The Kier molecular flexibility index (Phi) is 12.0. The lowest BCUT2D eigenvalue weighted by Gasteiger charge is -2.48. The molecule has 0 aliphatic carbocycles. The van der Waals surface area contributed by atoms with Crippen molar-refractivity contribution in [2.45, 2.75) is 94.4 Å². The number of rotatable bonds is 13. The lowest BCUT2D eigenvalue weighted by molar-refractivity contribution is -0.223. The first-order valence-electron chi connectivity index (χ1n) is 17.2. The van der Waals surface area contributed by atoms with Crippen molar-refractivity contribution < 1.29 is 55.8 Å². The van der Waals surface area contributed by atoms with Crippen LogP contribution in [0.1, 0.15) is 56.9 Å². The third-order valence-corrected chi connectivity index (χ3v) is 16.0. The molecule has 2 heterocycles. The van der Waals surface area contributed by atoms with Crippen LogP contribution in [0, 0.1) is 17.6 Å². The average molecular weight is 764 g/mol. The highest BCUT2D eigenvalue weighted by molar-refractivity contribution is 7.87. The molecule has 4 N–H and O–H groups in total. The molecule has 0 spiro atoms. The fraction of sp³-hybridized carbons (Fsp3) is 0.486. The van der Waals surface area contributed by atoms with Crippen molar-refractivity contribution >= 4 is 30.0 Å². The summed E-state index contributed by atoms with van der Waals surface area (Å²) in [4.78, 5) is 15.4. The van der Waals surface area contributed by atoms with Gasteiger partial charge in [-0.05, 0) is 90.6 Å². The molecule has 2 saturated heterocycles. The molecule has 2 fully saturated rings. The lowest BCUT2D eigenvalue weighted by Crippen LogP contribution is -2.60. The molecule has 2 aliphatic heterocycles. The van der Waals surface area contributed by atoms with Gasteiger partial charge in [-0.1, -0.05) is 45.0 Å². The topological polar surface area (TPSA) is 163 Å². The predicted molar refractivity (Wildman–Crippen MR) is 191 cm³/mol. The molecule has 0 radical (unpaired) electrons. The maximum absolute atomic E-state index is 13.9. The Labute approximate surface area is 304 Å². The van der Waals surface area contributed by atoms with Crippen LogP contribution in [0.4, 0.5) is 14.5 Å². The van der Waals surface area contributed by atoms with Crippen LogP contribution >= 0.6 is 0 Å². The summed E-state index contributed by atoms with van der Waals surface area (Å²) in [6.45, 7) is 9.93. The Morgan fingerprint density at radius 2 is 1.42 bits per heavy atom. The third-order valence-electron chi connectivity index (χ3n) is 10.3. The van der Waals surface area contributed by atoms with Crippen molar-refractivity contribution in [2.24, 2.45) is 5.92 Å². The summed E-state index contributed by atoms with van der Waals surface area (Å²) in [5.74, 6) is -2.46. The SMILES string of the molecule is CC(C)(C)[Si](C)(C)O[C@@H](CC[C@H]1C(=O)N(c2ccc(F)cc2)[C@@H]1c1ccc(OS(=O)(=O)C[C@@H]2O[C@H](CO)[C@@H](O)[C@H](O)[C@H]2O)cc1)c1ccc(F)cc1. The van der Waals surface area contributed by atoms with Crippen LogP contribution in [-0.4, -0.2) is 85.9 Å². The number of anilines is 1. The Hall–Kier alpha value is -3.28.